The third-order valence-corrected chi connectivity index (χ3v) is 5.70. The Morgan fingerprint density at radius 1 is 1.19 bits per heavy atom. The number of aromatic nitrogens is 1. The molecule has 4 rings (SSSR count). The maximum Gasteiger partial charge on any atom is 0.254 e. The Balaban J connectivity index is 1.62. The lowest BCUT2D eigenvalue weighted by Gasteiger charge is -2.25. The average molecular weight is 362 g/mol. The van der Waals surface area contributed by atoms with Crippen molar-refractivity contribution in [3.63, 3.8) is 0 Å². The molecule has 1 N–H and O–H groups in total. The van der Waals surface area contributed by atoms with Gasteiger partial charge in [0, 0.05) is 34.7 Å². The van der Waals surface area contributed by atoms with Crippen LogP contribution < -0.4 is 4.74 Å². The minimum Gasteiger partial charge on any atom is -0.497 e. The SMILES string of the molecule is COc1ccc2[nH]c(C)c(CC3CCCN3C(=O)c3ccc(C)cc3)c2c1. The van der Waals surface area contributed by atoms with Gasteiger partial charge in [-0.2, -0.15) is 0 Å². The Morgan fingerprint density at radius 2 is 1.96 bits per heavy atom. The summed E-state index contributed by atoms with van der Waals surface area (Å²) in [5.41, 5.74) is 5.54. The summed E-state index contributed by atoms with van der Waals surface area (Å²) in [6, 6.07) is 14.3. The zero-order chi connectivity index (χ0) is 19.0. The molecule has 0 bridgehead atoms. The number of ether oxygens (including phenoxy) is 1. The Labute approximate surface area is 160 Å². The topological polar surface area (TPSA) is 45.3 Å². The summed E-state index contributed by atoms with van der Waals surface area (Å²) in [5, 5.41) is 1.20. The summed E-state index contributed by atoms with van der Waals surface area (Å²) < 4.78 is 5.40. The second-order valence-electron chi connectivity index (χ2n) is 7.50. The lowest BCUT2D eigenvalue weighted by Crippen LogP contribution is -2.36. The molecule has 1 atom stereocenters. The molecule has 4 heteroatoms. The van der Waals surface area contributed by atoms with Crippen molar-refractivity contribution in [1.29, 1.82) is 0 Å². The highest BCUT2D eigenvalue weighted by Crippen LogP contribution is 2.31. The predicted octanol–water partition coefficient (Wildman–Crippen LogP) is 4.64. The number of H-pyrrole nitrogens is 1. The Bertz CT molecular complexity index is 972. The highest BCUT2D eigenvalue weighted by molar-refractivity contribution is 5.94. The molecule has 0 radical (unpaired) electrons. The van der Waals surface area contributed by atoms with E-state index >= 15 is 0 Å². The minimum atomic E-state index is 0.146. The van der Waals surface area contributed by atoms with Crippen LogP contribution in [0.3, 0.4) is 0 Å². The second-order valence-corrected chi connectivity index (χ2v) is 7.50. The van der Waals surface area contributed by atoms with E-state index in [0.29, 0.717) is 0 Å². The van der Waals surface area contributed by atoms with E-state index in [1.807, 2.05) is 37.3 Å². The summed E-state index contributed by atoms with van der Waals surface area (Å²) in [6.07, 6.45) is 2.98. The first-order valence-electron chi connectivity index (χ1n) is 9.59. The van der Waals surface area contributed by atoms with Crippen molar-refractivity contribution >= 4 is 16.8 Å². The maximum absolute atomic E-state index is 13.0. The summed E-state index contributed by atoms with van der Waals surface area (Å²) in [7, 11) is 1.69. The van der Waals surface area contributed by atoms with Gasteiger partial charge in [0.1, 0.15) is 5.75 Å². The standard InChI is InChI=1S/C23H26N2O2/c1-15-6-8-17(9-7-15)23(26)25-12-4-5-18(25)13-20-16(2)24-22-11-10-19(27-3)14-21(20)22/h6-11,14,18,24H,4-5,12-13H2,1-3H3. The van der Waals surface area contributed by atoms with E-state index < -0.39 is 0 Å². The van der Waals surface area contributed by atoms with Gasteiger partial charge >= 0.3 is 0 Å². The largest absolute Gasteiger partial charge is 0.497 e. The molecule has 1 unspecified atom stereocenters. The Kier molecular flexibility index (Phi) is 4.65. The van der Waals surface area contributed by atoms with Gasteiger partial charge in [0.15, 0.2) is 0 Å². The van der Waals surface area contributed by atoms with E-state index in [2.05, 4.69) is 28.9 Å². The fourth-order valence-corrected chi connectivity index (χ4v) is 4.16. The summed E-state index contributed by atoms with van der Waals surface area (Å²) in [4.78, 5) is 18.6. The molecule has 27 heavy (non-hydrogen) atoms. The van der Waals surface area contributed by atoms with Crippen LogP contribution in [0.25, 0.3) is 10.9 Å². The van der Waals surface area contributed by atoms with Crippen molar-refractivity contribution in [2.45, 2.75) is 39.2 Å². The van der Waals surface area contributed by atoms with Crippen LogP contribution in [0, 0.1) is 13.8 Å². The van der Waals surface area contributed by atoms with Crippen LogP contribution in [0.1, 0.15) is 40.0 Å². The highest BCUT2D eigenvalue weighted by Gasteiger charge is 2.30. The molecule has 1 aliphatic heterocycles. The molecule has 2 heterocycles. The molecule has 1 aromatic heterocycles. The lowest BCUT2D eigenvalue weighted by molar-refractivity contribution is 0.0736. The van der Waals surface area contributed by atoms with Crippen molar-refractivity contribution in [3.8, 4) is 5.75 Å². The van der Waals surface area contributed by atoms with E-state index in [4.69, 9.17) is 4.74 Å². The van der Waals surface area contributed by atoms with Crippen LogP contribution in [-0.4, -0.2) is 35.5 Å². The molecule has 4 nitrogen and oxygen atoms in total. The summed E-state index contributed by atoms with van der Waals surface area (Å²) in [6.45, 7) is 4.99. The monoisotopic (exact) mass is 362 g/mol. The molecule has 0 saturated carbocycles. The van der Waals surface area contributed by atoms with Crippen molar-refractivity contribution in [3.05, 3.63) is 64.8 Å². The number of likely N-dealkylation sites (tertiary alicyclic amines) is 1. The quantitative estimate of drug-likeness (QED) is 0.735. The van der Waals surface area contributed by atoms with E-state index in [1.54, 1.807) is 7.11 Å². The molecular formula is C23H26N2O2. The first-order chi connectivity index (χ1) is 13.1. The smallest absolute Gasteiger partial charge is 0.254 e. The van der Waals surface area contributed by atoms with Crippen LogP contribution in [-0.2, 0) is 6.42 Å². The van der Waals surface area contributed by atoms with Crippen LogP contribution in [0.15, 0.2) is 42.5 Å². The van der Waals surface area contributed by atoms with E-state index in [9.17, 15) is 4.79 Å². The molecule has 0 aliphatic carbocycles. The number of nitrogens with zero attached hydrogens (tertiary/aromatic N) is 1. The second kappa shape index (κ2) is 7.10. The molecular weight excluding hydrogens is 336 g/mol. The first kappa shape index (κ1) is 17.7. The van der Waals surface area contributed by atoms with Crippen molar-refractivity contribution in [2.75, 3.05) is 13.7 Å². The Morgan fingerprint density at radius 3 is 2.70 bits per heavy atom. The van der Waals surface area contributed by atoms with Gasteiger partial charge in [0.25, 0.3) is 5.91 Å². The number of rotatable bonds is 4. The highest BCUT2D eigenvalue weighted by atomic mass is 16.5. The van der Waals surface area contributed by atoms with Gasteiger partial charge in [-0.05, 0) is 69.0 Å². The third kappa shape index (κ3) is 3.32. The van der Waals surface area contributed by atoms with Crippen molar-refractivity contribution < 1.29 is 9.53 Å². The molecule has 1 saturated heterocycles. The summed E-state index contributed by atoms with van der Waals surface area (Å²) in [5.74, 6) is 1.01. The zero-order valence-electron chi connectivity index (χ0n) is 16.2. The number of methoxy groups -OCH3 is 1. The molecule has 3 aromatic rings. The lowest BCUT2D eigenvalue weighted by atomic mass is 10.00. The molecule has 1 fully saturated rings. The van der Waals surface area contributed by atoms with Gasteiger partial charge < -0.3 is 14.6 Å². The van der Waals surface area contributed by atoms with Crippen LogP contribution in [0.5, 0.6) is 5.75 Å². The van der Waals surface area contributed by atoms with Crippen molar-refractivity contribution in [1.82, 2.24) is 9.88 Å². The van der Waals surface area contributed by atoms with Gasteiger partial charge in [0.05, 0.1) is 7.11 Å². The fourth-order valence-electron chi connectivity index (χ4n) is 4.16. The van der Waals surface area contributed by atoms with E-state index in [0.717, 1.165) is 42.6 Å². The van der Waals surface area contributed by atoms with E-state index in [1.165, 1.54) is 22.2 Å². The number of aryl methyl sites for hydroxylation is 2. The van der Waals surface area contributed by atoms with Crippen LogP contribution >= 0.6 is 0 Å². The maximum atomic E-state index is 13.0. The number of carbonyl (C=O) groups is 1. The third-order valence-electron chi connectivity index (χ3n) is 5.70. The molecule has 2 aromatic carbocycles. The minimum absolute atomic E-state index is 0.146. The van der Waals surface area contributed by atoms with E-state index in [-0.39, 0.29) is 11.9 Å². The van der Waals surface area contributed by atoms with Crippen LogP contribution in [0.2, 0.25) is 0 Å². The number of nitrogens with one attached hydrogen (secondary N) is 1. The average Bonchev–Trinajstić information content (AvgIpc) is 3.26. The zero-order valence-corrected chi connectivity index (χ0v) is 16.2. The normalized spacial score (nSPS) is 16.9. The van der Waals surface area contributed by atoms with Gasteiger partial charge in [-0.25, -0.2) is 0 Å². The molecule has 0 spiro atoms. The number of aromatic amines is 1. The predicted molar refractivity (Wildman–Crippen MR) is 109 cm³/mol. The summed E-state index contributed by atoms with van der Waals surface area (Å²) >= 11 is 0. The molecule has 1 aliphatic rings. The number of carbonyl (C=O) groups excluding carboxylic acids is 1. The fraction of sp³-hybridized carbons (Fsp3) is 0.348. The van der Waals surface area contributed by atoms with Gasteiger partial charge in [-0.15, -0.1) is 0 Å². The molecule has 1 amide bonds. The van der Waals surface area contributed by atoms with Crippen LogP contribution in [0.4, 0.5) is 0 Å². The molecule has 140 valence electrons. The number of hydrogen-bond acceptors (Lipinski definition) is 2. The first-order valence-corrected chi connectivity index (χ1v) is 9.59. The van der Waals surface area contributed by atoms with Gasteiger partial charge in [0.2, 0.25) is 0 Å². The number of fused-ring (bicyclic) bond motifs is 1. The Hall–Kier alpha value is -2.75. The van der Waals surface area contributed by atoms with Gasteiger partial charge in [-0.3, -0.25) is 4.79 Å². The number of hydrogen-bond donors (Lipinski definition) is 1. The number of amides is 1. The number of benzene rings is 2. The van der Waals surface area contributed by atoms with Crippen molar-refractivity contribution in [2.24, 2.45) is 0 Å². The van der Waals surface area contributed by atoms with Gasteiger partial charge in [-0.1, -0.05) is 17.7 Å².